The molecule has 0 N–H and O–H groups in total. The number of aryl methyl sites for hydroxylation is 2. The fourth-order valence-electron chi connectivity index (χ4n) is 4.40. The SMILES string of the molecule is CCCCCC1c2[c-]c([Si]c3cc(C)cc(C)c3)ccc2-c2ccccc21.[Cl-].[Cl-].[Cl-].[Ti+4]. The van der Waals surface area contributed by atoms with E-state index in [1.807, 2.05) is 0 Å². The first-order valence-corrected chi connectivity index (χ1v) is 11.2. The van der Waals surface area contributed by atoms with Crippen molar-refractivity contribution in [3.05, 3.63) is 82.9 Å². The molecule has 5 heteroatoms. The second-order valence-electron chi connectivity index (χ2n) is 7.84. The van der Waals surface area contributed by atoms with Crippen LogP contribution in [0.3, 0.4) is 0 Å². The van der Waals surface area contributed by atoms with Gasteiger partial charge in [0.15, 0.2) is 0 Å². The second kappa shape index (κ2) is 13.9. The molecule has 2 radical (unpaired) electrons. The Morgan fingerprint density at radius 3 is 2.19 bits per heavy atom. The Bertz CT molecular complexity index is 954. The summed E-state index contributed by atoms with van der Waals surface area (Å²) in [5, 5.41) is 2.76. The van der Waals surface area contributed by atoms with Crippen LogP contribution in [0.1, 0.15) is 60.8 Å². The minimum Gasteiger partial charge on any atom is -1.00 e. The van der Waals surface area contributed by atoms with Crippen LogP contribution < -0.4 is 47.6 Å². The smallest absolute Gasteiger partial charge is 1.00 e. The van der Waals surface area contributed by atoms with Crippen molar-refractivity contribution in [2.24, 2.45) is 0 Å². The Morgan fingerprint density at radius 2 is 1.52 bits per heavy atom. The summed E-state index contributed by atoms with van der Waals surface area (Å²) in [6.07, 6.45) is 5.13. The van der Waals surface area contributed by atoms with Gasteiger partial charge in [-0.3, -0.25) is 0 Å². The molecule has 0 aliphatic heterocycles. The molecule has 0 nitrogen and oxygen atoms in total. The van der Waals surface area contributed by atoms with Crippen molar-refractivity contribution in [1.29, 1.82) is 0 Å². The van der Waals surface area contributed by atoms with Crippen LogP contribution in [0.15, 0.2) is 54.6 Å². The topological polar surface area (TPSA) is 0 Å². The summed E-state index contributed by atoms with van der Waals surface area (Å²) in [7, 11) is 0.676. The molecular formula is C26H27Cl3SiTi. The maximum atomic E-state index is 3.85. The van der Waals surface area contributed by atoms with Crippen molar-refractivity contribution in [1.82, 2.24) is 0 Å². The number of halogens is 3. The van der Waals surface area contributed by atoms with Gasteiger partial charge in [-0.1, -0.05) is 90.5 Å². The van der Waals surface area contributed by atoms with Gasteiger partial charge in [0.2, 0.25) is 0 Å². The molecule has 3 aromatic carbocycles. The molecule has 0 fully saturated rings. The van der Waals surface area contributed by atoms with E-state index >= 15 is 0 Å². The van der Waals surface area contributed by atoms with Crippen molar-refractivity contribution < 1.29 is 58.9 Å². The Morgan fingerprint density at radius 1 is 0.839 bits per heavy atom. The summed E-state index contributed by atoms with van der Waals surface area (Å²) in [5.74, 6) is 0.520. The van der Waals surface area contributed by atoms with Gasteiger partial charge in [0.05, 0.1) is 9.52 Å². The molecule has 1 atom stereocenters. The molecule has 3 aromatic rings. The zero-order valence-electron chi connectivity index (χ0n) is 18.2. The van der Waals surface area contributed by atoms with Crippen LogP contribution in [0.2, 0.25) is 0 Å². The van der Waals surface area contributed by atoms with Gasteiger partial charge in [-0.15, -0.1) is 11.1 Å². The Kier molecular flexibility index (Phi) is 13.6. The third-order valence-electron chi connectivity index (χ3n) is 5.55. The summed E-state index contributed by atoms with van der Waals surface area (Å²) in [6, 6.07) is 24.3. The van der Waals surface area contributed by atoms with Crippen molar-refractivity contribution >= 4 is 19.9 Å². The van der Waals surface area contributed by atoms with E-state index in [9.17, 15) is 0 Å². The molecule has 0 bridgehead atoms. The van der Waals surface area contributed by atoms with Crippen molar-refractivity contribution in [3.8, 4) is 11.1 Å². The molecule has 0 heterocycles. The molecule has 0 spiro atoms. The standard InChI is InChI=1S/C26H27Si.3ClH.Ti/c1-4-5-6-9-24-22-10-7-8-11-23(22)25-13-12-20(17-26(24)25)27-21-15-18(2)14-19(3)16-21;;;;/h7-8,10-16,24H,4-6,9H2,1-3H3;3*1H;/q-1;;;;+4/p-3. The van der Waals surface area contributed by atoms with E-state index in [0.29, 0.717) is 15.4 Å². The first-order valence-electron chi connectivity index (χ1n) is 10.2. The monoisotopic (exact) mass is 520 g/mol. The largest absolute Gasteiger partial charge is 4.00 e. The number of fused-ring (bicyclic) bond motifs is 3. The number of hydrogen-bond acceptors (Lipinski definition) is 0. The fraction of sp³-hybridized carbons (Fsp3) is 0.308. The van der Waals surface area contributed by atoms with E-state index in [-0.39, 0.29) is 58.9 Å². The Balaban J connectivity index is 0.00000225. The van der Waals surface area contributed by atoms with Gasteiger partial charge in [0.1, 0.15) is 0 Å². The molecule has 0 saturated heterocycles. The normalized spacial score (nSPS) is 12.9. The zero-order chi connectivity index (χ0) is 18.8. The number of benzene rings is 3. The van der Waals surface area contributed by atoms with Crippen LogP contribution in [0.25, 0.3) is 11.1 Å². The molecule has 0 saturated carbocycles. The number of hydrogen-bond donors (Lipinski definition) is 0. The maximum Gasteiger partial charge on any atom is 4.00 e. The van der Waals surface area contributed by atoms with Crippen LogP contribution in [-0.4, -0.2) is 9.52 Å². The van der Waals surface area contributed by atoms with E-state index < -0.39 is 0 Å². The molecule has 1 aliphatic carbocycles. The van der Waals surface area contributed by atoms with Crippen molar-refractivity contribution in [3.63, 3.8) is 0 Å². The van der Waals surface area contributed by atoms with Crippen LogP contribution >= 0.6 is 0 Å². The van der Waals surface area contributed by atoms with Gasteiger partial charge in [-0.25, -0.2) is 0 Å². The third kappa shape index (κ3) is 6.97. The van der Waals surface area contributed by atoms with Gasteiger partial charge in [0.25, 0.3) is 0 Å². The van der Waals surface area contributed by atoms with Gasteiger partial charge < -0.3 is 37.2 Å². The molecule has 160 valence electrons. The van der Waals surface area contributed by atoms with E-state index in [4.69, 9.17) is 0 Å². The van der Waals surface area contributed by atoms with Crippen molar-refractivity contribution in [2.45, 2.75) is 52.4 Å². The molecule has 4 rings (SSSR count). The molecular weight excluding hydrogens is 495 g/mol. The maximum absolute atomic E-state index is 3.85. The Hall–Kier alpha value is -0.539. The fourth-order valence-corrected chi connectivity index (χ4v) is 5.67. The molecule has 0 amide bonds. The van der Waals surface area contributed by atoms with Gasteiger partial charge in [-0.05, 0) is 31.7 Å². The third-order valence-corrected chi connectivity index (χ3v) is 6.69. The van der Waals surface area contributed by atoms with Gasteiger partial charge in [-0.2, -0.15) is 23.4 Å². The van der Waals surface area contributed by atoms with Crippen LogP contribution in [0.5, 0.6) is 0 Å². The van der Waals surface area contributed by atoms with E-state index in [1.165, 1.54) is 69.4 Å². The first-order chi connectivity index (χ1) is 13.2. The average molecular weight is 522 g/mol. The zero-order valence-corrected chi connectivity index (χ0v) is 23.1. The average Bonchev–Trinajstić information content (AvgIpc) is 2.95. The molecule has 1 aliphatic rings. The quantitative estimate of drug-likeness (QED) is 0.179. The minimum absolute atomic E-state index is 0. The predicted molar refractivity (Wildman–Crippen MR) is 118 cm³/mol. The summed E-state index contributed by atoms with van der Waals surface area (Å²) in [4.78, 5) is 0. The predicted octanol–water partition coefficient (Wildman–Crippen LogP) is -3.54. The van der Waals surface area contributed by atoms with E-state index in [1.54, 1.807) is 0 Å². The van der Waals surface area contributed by atoms with Crippen LogP contribution in [0.4, 0.5) is 0 Å². The molecule has 1 unspecified atom stereocenters. The molecule has 0 aromatic heterocycles. The van der Waals surface area contributed by atoms with Crippen molar-refractivity contribution in [2.75, 3.05) is 0 Å². The van der Waals surface area contributed by atoms with Gasteiger partial charge in [0, 0.05) is 0 Å². The summed E-state index contributed by atoms with van der Waals surface area (Å²) in [5.41, 5.74) is 8.47. The summed E-state index contributed by atoms with van der Waals surface area (Å²) in [6.45, 7) is 6.66. The minimum atomic E-state index is 0. The van der Waals surface area contributed by atoms with Crippen LogP contribution in [-0.2, 0) is 21.7 Å². The van der Waals surface area contributed by atoms with E-state index in [2.05, 4.69) is 81.4 Å². The van der Waals surface area contributed by atoms with E-state index in [0.717, 1.165) is 0 Å². The second-order valence-corrected chi connectivity index (χ2v) is 9.20. The molecule has 31 heavy (non-hydrogen) atoms. The summed E-state index contributed by atoms with van der Waals surface area (Å²) >= 11 is 0. The van der Waals surface area contributed by atoms with Crippen LogP contribution in [0, 0.1) is 19.9 Å². The summed E-state index contributed by atoms with van der Waals surface area (Å²) < 4.78 is 0. The Labute approximate surface area is 223 Å². The van der Waals surface area contributed by atoms with Gasteiger partial charge >= 0.3 is 21.7 Å². The number of rotatable bonds is 6. The number of unbranched alkanes of at least 4 members (excludes halogenated alkanes) is 2. The first kappa shape index (κ1) is 30.5.